The van der Waals surface area contributed by atoms with Gasteiger partial charge in [0.15, 0.2) is 5.78 Å². The van der Waals surface area contributed by atoms with E-state index in [0.717, 1.165) is 11.3 Å². The Morgan fingerprint density at radius 3 is 2.37 bits per heavy atom. The molecule has 0 N–H and O–H groups in total. The molecule has 6 nitrogen and oxygen atoms in total. The highest BCUT2D eigenvalue weighted by molar-refractivity contribution is 6.40. The van der Waals surface area contributed by atoms with E-state index in [9.17, 15) is 9.59 Å². The molecule has 0 saturated heterocycles. The molecule has 0 fully saturated rings. The van der Waals surface area contributed by atoms with E-state index in [4.69, 9.17) is 5.26 Å². The lowest BCUT2D eigenvalue weighted by atomic mass is 10.1. The lowest BCUT2D eigenvalue weighted by molar-refractivity contribution is -0.124. The van der Waals surface area contributed by atoms with E-state index in [-0.39, 0.29) is 24.7 Å². The number of hydrazone groups is 1. The van der Waals surface area contributed by atoms with Gasteiger partial charge in [-0.3, -0.25) is 14.6 Å². The van der Waals surface area contributed by atoms with E-state index < -0.39 is 6.04 Å². The Labute approximate surface area is 158 Å². The van der Waals surface area contributed by atoms with Crippen LogP contribution in [0.2, 0.25) is 0 Å². The van der Waals surface area contributed by atoms with Crippen LogP contribution in [0.1, 0.15) is 18.9 Å². The van der Waals surface area contributed by atoms with Gasteiger partial charge >= 0.3 is 0 Å². The average molecular weight is 360 g/mol. The number of rotatable bonds is 6. The van der Waals surface area contributed by atoms with Crippen molar-refractivity contribution in [3.63, 3.8) is 0 Å². The van der Waals surface area contributed by atoms with Crippen LogP contribution in [-0.2, 0) is 16.1 Å². The van der Waals surface area contributed by atoms with E-state index in [1.165, 1.54) is 11.8 Å². The van der Waals surface area contributed by atoms with E-state index in [2.05, 4.69) is 5.10 Å². The van der Waals surface area contributed by atoms with Crippen molar-refractivity contribution in [3.05, 3.63) is 66.2 Å². The minimum absolute atomic E-state index is 0.0389. The molecule has 0 aromatic heterocycles. The number of anilines is 1. The average Bonchev–Trinajstić information content (AvgIpc) is 3.14. The lowest BCUT2D eigenvalue weighted by Gasteiger charge is -2.20. The first-order chi connectivity index (χ1) is 13.1. The standard InChI is InChI=1S/C21H20N4O2/c1-16(26)20-14-19(23-25(20)18-10-6-3-7-11-18)21(27)24(13-12-22)15-17-8-4-2-5-9-17/h2-11,20H,13-15H2,1H3. The predicted octanol–water partition coefficient (Wildman–Crippen LogP) is 2.76. The Kier molecular flexibility index (Phi) is 5.62. The Morgan fingerprint density at radius 2 is 1.78 bits per heavy atom. The van der Waals surface area contributed by atoms with Crippen LogP contribution in [0, 0.1) is 11.3 Å². The Balaban J connectivity index is 1.85. The number of hydrogen-bond acceptors (Lipinski definition) is 5. The zero-order valence-electron chi connectivity index (χ0n) is 15.1. The number of carbonyl (C=O) groups excluding carboxylic acids is 2. The van der Waals surface area contributed by atoms with Gasteiger partial charge in [-0.2, -0.15) is 10.4 Å². The first-order valence-corrected chi connectivity index (χ1v) is 8.72. The van der Waals surface area contributed by atoms with Gasteiger partial charge in [-0.15, -0.1) is 0 Å². The number of amides is 1. The minimum Gasteiger partial charge on any atom is -0.320 e. The van der Waals surface area contributed by atoms with E-state index in [0.29, 0.717) is 12.3 Å². The number of hydrogen-bond donors (Lipinski definition) is 0. The van der Waals surface area contributed by atoms with Crippen molar-refractivity contribution in [2.24, 2.45) is 5.10 Å². The molecule has 6 heteroatoms. The summed E-state index contributed by atoms with van der Waals surface area (Å²) in [7, 11) is 0. The SMILES string of the molecule is CC(=O)C1CC(C(=O)N(CC#N)Cc2ccccc2)=NN1c1ccccc1. The summed E-state index contributed by atoms with van der Waals surface area (Å²) in [5, 5.41) is 15.2. The molecule has 0 radical (unpaired) electrons. The summed E-state index contributed by atoms with van der Waals surface area (Å²) >= 11 is 0. The maximum absolute atomic E-state index is 13.0. The van der Waals surface area contributed by atoms with Gasteiger partial charge in [-0.05, 0) is 24.6 Å². The Morgan fingerprint density at radius 1 is 1.15 bits per heavy atom. The third-order valence-electron chi connectivity index (χ3n) is 4.41. The smallest absolute Gasteiger partial charge is 0.271 e. The van der Waals surface area contributed by atoms with Crippen LogP contribution >= 0.6 is 0 Å². The molecule has 0 aliphatic carbocycles. The summed E-state index contributed by atoms with van der Waals surface area (Å²) in [5.74, 6) is -0.370. The normalized spacial score (nSPS) is 15.8. The van der Waals surface area contributed by atoms with Gasteiger partial charge in [-0.25, -0.2) is 0 Å². The molecule has 1 atom stereocenters. The molecule has 0 saturated carbocycles. The molecule has 0 bridgehead atoms. The Bertz CT molecular complexity index is 887. The molecule has 1 heterocycles. The molecule has 2 aromatic carbocycles. The van der Waals surface area contributed by atoms with Crippen LogP contribution in [-0.4, -0.2) is 34.9 Å². The zero-order chi connectivity index (χ0) is 19.2. The van der Waals surface area contributed by atoms with E-state index in [1.807, 2.05) is 66.7 Å². The number of ketones is 1. The van der Waals surface area contributed by atoms with Crippen LogP contribution in [0.15, 0.2) is 65.8 Å². The molecule has 1 unspecified atom stereocenters. The molecular formula is C21H20N4O2. The van der Waals surface area contributed by atoms with Gasteiger partial charge in [0.1, 0.15) is 18.3 Å². The molecule has 1 amide bonds. The highest BCUT2D eigenvalue weighted by Gasteiger charge is 2.35. The van der Waals surface area contributed by atoms with Gasteiger partial charge in [-0.1, -0.05) is 48.5 Å². The fourth-order valence-corrected chi connectivity index (χ4v) is 3.05. The largest absolute Gasteiger partial charge is 0.320 e. The maximum atomic E-state index is 13.0. The molecule has 1 aliphatic heterocycles. The second-order valence-electron chi connectivity index (χ2n) is 6.36. The molecule has 136 valence electrons. The monoisotopic (exact) mass is 360 g/mol. The summed E-state index contributed by atoms with van der Waals surface area (Å²) in [6.45, 7) is 1.78. The second-order valence-corrected chi connectivity index (χ2v) is 6.36. The second kappa shape index (κ2) is 8.28. The number of para-hydroxylation sites is 1. The third-order valence-corrected chi connectivity index (χ3v) is 4.41. The van der Waals surface area contributed by atoms with Gasteiger partial charge in [0.05, 0.1) is 11.8 Å². The first-order valence-electron chi connectivity index (χ1n) is 8.72. The van der Waals surface area contributed by atoms with Crippen LogP contribution in [0.25, 0.3) is 0 Å². The topological polar surface area (TPSA) is 76.8 Å². The summed E-state index contributed by atoms with van der Waals surface area (Å²) in [4.78, 5) is 26.5. The number of benzene rings is 2. The summed E-state index contributed by atoms with van der Waals surface area (Å²) < 4.78 is 0. The Hall–Kier alpha value is -3.46. The third kappa shape index (κ3) is 4.21. The summed E-state index contributed by atoms with van der Waals surface area (Å²) in [5.41, 5.74) is 1.99. The van der Waals surface area contributed by atoms with Gasteiger partial charge in [0.2, 0.25) is 0 Å². The summed E-state index contributed by atoms with van der Waals surface area (Å²) in [6, 6.07) is 20.3. The lowest BCUT2D eigenvalue weighted by Crippen LogP contribution is -2.37. The fraction of sp³-hybridized carbons (Fsp3) is 0.238. The van der Waals surface area contributed by atoms with Crippen molar-refractivity contribution in [2.75, 3.05) is 11.6 Å². The van der Waals surface area contributed by atoms with Crippen LogP contribution in [0.3, 0.4) is 0 Å². The van der Waals surface area contributed by atoms with E-state index in [1.54, 1.807) is 5.01 Å². The van der Waals surface area contributed by atoms with Crippen molar-refractivity contribution in [2.45, 2.75) is 25.9 Å². The number of Topliss-reactive ketones (excluding diaryl/α,β-unsaturated/α-hetero) is 1. The zero-order valence-corrected chi connectivity index (χ0v) is 15.1. The summed E-state index contributed by atoms with van der Waals surface area (Å²) in [6.07, 6.45) is 0.236. The number of carbonyl (C=O) groups is 2. The number of nitriles is 1. The molecular weight excluding hydrogens is 340 g/mol. The molecule has 27 heavy (non-hydrogen) atoms. The fourth-order valence-electron chi connectivity index (χ4n) is 3.05. The maximum Gasteiger partial charge on any atom is 0.271 e. The van der Waals surface area contributed by atoms with Gasteiger partial charge < -0.3 is 4.90 Å². The molecule has 2 aromatic rings. The van der Waals surface area contributed by atoms with Crippen molar-refractivity contribution in [3.8, 4) is 6.07 Å². The van der Waals surface area contributed by atoms with Crippen molar-refractivity contribution in [1.82, 2.24) is 4.90 Å². The molecule has 0 spiro atoms. The highest BCUT2D eigenvalue weighted by Crippen LogP contribution is 2.25. The van der Waals surface area contributed by atoms with Gasteiger partial charge in [0, 0.05) is 13.0 Å². The van der Waals surface area contributed by atoms with Crippen molar-refractivity contribution < 1.29 is 9.59 Å². The van der Waals surface area contributed by atoms with Crippen molar-refractivity contribution >= 4 is 23.1 Å². The van der Waals surface area contributed by atoms with Gasteiger partial charge in [0.25, 0.3) is 5.91 Å². The van der Waals surface area contributed by atoms with Crippen LogP contribution in [0.5, 0.6) is 0 Å². The minimum atomic E-state index is -0.507. The molecule has 1 aliphatic rings. The number of nitrogens with zero attached hydrogens (tertiary/aromatic N) is 4. The molecule has 3 rings (SSSR count). The highest BCUT2D eigenvalue weighted by atomic mass is 16.2. The van der Waals surface area contributed by atoms with Crippen LogP contribution < -0.4 is 5.01 Å². The predicted molar refractivity (Wildman–Crippen MR) is 103 cm³/mol. The first kappa shape index (κ1) is 18.3. The quantitative estimate of drug-likeness (QED) is 0.742. The van der Waals surface area contributed by atoms with E-state index >= 15 is 0 Å². The van der Waals surface area contributed by atoms with Crippen molar-refractivity contribution in [1.29, 1.82) is 5.26 Å². The van der Waals surface area contributed by atoms with Crippen LogP contribution in [0.4, 0.5) is 5.69 Å².